The number of carbonyl (C=O) groups is 1. The molecule has 0 atom stereocenters. The van der Waals surface area contributed by atoms with Gasteiger partial charge < -0.3 is 15.5 Å². The lowest BCUT2D eigenvalue weighted by molar-refractivity contribution is -0.117. The van der Waals surface area contributed by atoms with Gasteiger partial charge in [-0.2, -0.15) is 0 Å². The molecule has 3 N–H and O–H groups in total. The van der Waals surface area contributed by atoms with Gasteiger partial charge in [0.25, 0.3) is 0 Å². The highest BCUT2D eigenvalue weighted by Gasteiger charge is 2.09. The van der Waals surface area contributed by atoms with Gasteiger partial charge in [-0.25, -0.2) is 0 Å². The minimum atomic E-state index is -0.150. The third-order valence-corrected chi connectivity index (χ3v) is 2.50. The van der Waals surface area contributed by atoms with Crippen LogP contribution in [0.4, 0.5) is 5.69 Å². The van der Waals surface area contributed by atoms with Crippen molar-refractivity contribution >= 4 is 11.6 Å². The first-order chi connectivity index (χ1) is 8.65. The van der Waals surface area contributed by atoms with E-state index >= 15 is 0 Å². The molecule has 0 aromatic heterocycles. The Morgan fingerprint density at radius 3 is 2.50 bits per heavy atom. The highest BCUT2D eigenvalue weighted by Crippen LogP contribution is 2.09. The molecule has 5 nitrogen and oxygen atoms in total. The van der Waals surface area contributed by atoms with E-state index in [1.54, 1.807) is 4.90 Å². The van der Waals surface area contributed by atoms with E-state index in [1.165, 1.54) is 0 Å². The van der Waals surface area contributed by atoms with Crippen LogP contribution in [0.3, 0.4) is 0 Å². The smallest absolute Gasteiger partial charge is 0.238 e. The van der Waals surface area contributed by atoms with E-state index in [4.69, 9.17) is 10.2 Å². The van der Waals surface area contributed by atoms with E-state index < -0.39 is 0 Å². The van der Waals surface area contributed by atoms with Crippen molar-refractivity contribution < 1.29 is 15.0 Å². The normalized spacial score (nSPS) is 10.7. The van der Waals surface area contributed by atoms with Crippen LogP contribution in [0.1, 0.15) is 5.56 Å². The lowest BCUT2D eigenvalue weighted by Gasteiger charge is -2.19. The van der Waals surface area contributed by atoms with E-state index in [0.717, 1.165) is 11.3 Å². The van der Waals surface area contributed by atoms with Gasteiger partial charge >= 0.3 is 0 Å². The number of hydrogen-bond acceptors (Lipinski definition) is 4. The molecule has 0 bridgehead atoms. The molecular formula is C13H20N2O3. The van der Waals surface area contributed by atoms with Gasteiger partial charge in [-0.15, -0.1) is 0 Å². The molecule has 1 rings (SSSR count). The molecule has 0 saturated carbocycles. The number of nitrogens with zero attached hydrogens (tertiary/aromatic N) is 1. The van der Waals surface area contributed by atoms with Crippen molar-refractivity contribution in [3.63, 3.8) is 0 Å². The van der Waals surface area contributed by atoms with Gasteiger partial charge in [0, 0.05) is 18.8 Å². The van der Waals surface area contributed by atoms with Gasteiger partial charge in [-0.3, -0.25) is 9.69 Å². The van der Waals surface area contributed by atoms with E-state index in [1.807, 2.05) is 31.2 Å². The number of benzene rings is 1. The first-order valence-electron chi connectivity index (χ1n) is 5.96. The van der Waals surface area contributed by atoms with Gasteiger partial charge in [0.15, 0.2) is 0 Å². The summed E-state index contributed by atoms with van der Waals surface area (Å²) in [6, 6.07) is 7.55. The SMILES string of the molecule is Cc1cccc(NC(=O)CN(CCO)CCO)c1. The fraction of sp³-hybridized carbons (Fsp3) is 0.462. The Morgan fingerprint density at radius 2 is 1.94 bits per heavy atom. The second-order valence-corrected chi connectivity index (χ2v) is 4.14. The van der Waals surface area contributed by atoms with Crippen LogP contribution < -0.4 is 5.32 Å². The Hall–Kier alpha value is -1.43. The Bertz CT molecular complexity index is 376. The molecule has 1 aromatic carbocycles. The van der Waals surface area contributed by atoms with Crippen molar-refractivity contribution in [2.75, 3.05) is 38.2 Å². The van der Waals surface area contributed by atoms with Crippen LogP contribution in [0, 0.1) is 6.92 Å². The highest BCUT2D eigenvalue weighted by atomic mass is 16.3. The molecule has 0 unspecified atom stereocenters. The van der Waals surface area contributed by atoms with Gasteiger partial charge in [0.05, 0.1) is 19.8 Å². The van der Waals surface area contributed by atoms with Crippen molar-refractivity contribution in [3.05, 3.63) is 29.8 Å². The van der Waals surface area contributed by atoms with Crippen molar-refractivity contribution in [2.24, 2.45) is 0 Å². The summed E-state index contributed by atoms with van der Waals surface area (Å²) in [5.74, 6) is -0.150. The summed E-state index contributed by atoms with van der Waals surface area (Å²) < 4.78 is 0. The molecule has 0 aliphatic carbocycles. The lowest BCUT2D eigenvalue weighted by Crippen LogP contribution is -2.37. The molecule has 0 saturated heterocycles. The number of rotatable bonds is 7. The minimum Gasteiger partial charge on any atom is -0.395 e. The van der Waals surface area contributed by atoms with Gasteiger partial charge in [-0.1, -0.05) is 12.1 Å². The Morgan fingerprint density at radius 1 is 1.28 bits per heavy atom. The summed E-state index contributed by atoms with van der Waals surface area (Å²) in [6.45, 7) is 2.81. The Labute approximate surface area is 107 Å². The molecule has 0 heterocycles. The number of amides is 1. The van der Waals surface area contributed by atoms with Crippen molar-refractivity contribution in [2.45, 2.75) is 6.92 Å². The predicted molar refractivity (Wildman–Crippen MR) is 70.4 cm³/mol. The lowest BCUT2D eigenvalue weighted by atomic mass is 10.2. The molecule has 100 valence electrons. The molecule has 0 aliphatic rings. The summed E-state index contributed by atoms with van der Waals surface area (Å²) in [4.78, 5) is 13.5. The molecule has 1 aromatic rings. The first-order valence-corrected chi connectivity index (χ1v) is 5.96. The maximum Gasteiger partial charge on any atom is 0.238 e. The zero-order valence-electron chi connectivity index (χ0n) is 10.6. The third kappa shape index (κ3) is 5.27. The van der Waals surface area contributed by atoms with Crippen LogP contribution in [-0.4, -0.2) is 53.9 Å². The number of anilines is 1. The van der Waals surface area contributed by atoms with Crippen LogP contribution in [-0.2, 0) is 4.79 Å². The van der Waals surface area contributed by atoms with Crippen LogP contribution in [0.15, 0.2) is 24.3 Å². The number of nitrogens with one attached hydrogen (secondary N) is 1. The summed E-state index contributed by atoms with van der Waals surface area (Å²) in [5.41, 5.74) is 1.84. The molecule has 18 heavy (non-hydrogen) atoms. The monoisotopic (exact) mass is 252 g/mol. The summed E-state index contributed by atoms with van der Waals surface area (Å²) in [7, 11) is 0. The number of aryl methyl sites for hydroxylation is 1. The molecule has 0 radical (unpaired) electrons. The van der Waals surface area contributed by atoms with E-state index in [2.05, 4.69) is 5.32 Å². The zero-order chi connectivity index (χ0) is 13.4. The standard InChI is InChI=1S/C13H20N2O3/c1-11-3-2-4-12(9-11)14-13(18)10-15(5-7-16)6-8-17/h2-4,9,16-17H,5-8,10H2,1H3,(H,14,18). The molecule has 0 fully saturated rings. The maximum atomic E-state index is 11.8. The molecular weight excluding hydrogens is 232 g/mol. The van der Waals surface area contributed by atoms with E-state index in [9.17, 15) is 4.79 Å². The fourth-order valence-electron chi connectivity index (χ4n) is 1.68. The molecule has 0 spiro atoms. The largest absolute Gasteiger partial charge is 0.395 e. The Kier molecular flexibility index (Phi) is 6.35. The van der Waals surface area contributed by atoms with Crippen molar-refractivity contribution in [3.8, 4) is 0 Å². The maximum absolute atomic E-state index is 11.8. The second kappa shape index (κ2) is 7.81. The number of aliphatic hydroxyl groups is 2. The molecule has 0 aliphatic heterocycles. The van der Waals surface area contributed by atoms with Crippen LogP contribution in [0.5, 0.6) is 0 Å². The average molecular weight is 252 g/mol. The zero-order valence-corrected chi connectivity index (χ0v) is 10.6. The van der Waals surface area contributed by atoms with Crippen molar-refractivity contribution in [1.29, 1.82) is 0 Å². The van der Waals surface area contributed by atoms with Crippen LogP contribution in [0.2, 0.25) is 0 Å². The number of aliphatic hydroxyl groups excluding tert-OH is 2. The Balaban J connectivity index is 2.49. The van der Waals surface area contributed by atoms with Gasteiger partial charge in [-0.05, 0) is 24.6 Å². The molecule has 1 amide bonds. The van der Waals surface area contributed by atoms with Crippen LogP contribution >= 0.6 is 0 Å². The number of carbonyl (C=O) groups excluding carboxylic acids is 1. The van der Waals surface area contributed by atoms with E-state index in [0.29, 0.717) is 13.1 Å². The summed E-state index contributed by atoms with van der Waals surface area (Å²) >= 11 is 0. The third-order valence-electron chi connectivity index (χ3n) is 2.50. The average Bonchev–Trinajstić information content (AvgIpc) is 2.29. The second-order valence-electron chi connectivity index (χ2n) is 4.14. The van der Waals surface area contributed by atoms with Gasteiger partial charge in [0.1, 0.15) is 0 Å². The first kappa shape index (κ1) is 14.6. The van der Waals surface area contributed by atoms with Crippen LogP contribution in [0.25, 0.3) is 0 Å². The predicted octanol–water partition coefficient (Wildman–Crippen LogP) is 0.220. The number of hydrogen-bond donors (Lipinski definition) is 3. The van der Waals surface area contributed by atoms with Crippen molar-refractivity contribution in [1.82, 2.24) is 4.90 Å². The molecule has 5 heteroatoms. The minimum absolute atomic E-state index is 0.0300. The topological polar surface area (TPSA) is 72.8 Å². The van der Waals surface area contributed by atoms with Gasteiger partial charge in [0.2, 0.25) is 5.91 Å². The fourth-order valence-corrected chi connectivity index (χ4v) is 1.68. The summed E-state index contributed by atoms with van der Waals surface area (Å²) in [6.07, 6.45) is 0. The van der Waals surface area contributed by atoms with E-state index in [-0.39, 0.29) is 25.7 Å². The highest BCUT2D eigenvalue weighted by molar-refractivity contribution is 5.92. The summed E-state index contributed by atoms with van der Waals surface area (Å²) in [5, 5.41) is 20.5. The quantitative estimate of drug-likeness (QED) is 0.649.